The second kappa shape index (κ2) is 8.87. The molecule has 5 rings (SSSR count). The molecule has 1 aliphatic carbocycles. The van der Waals surface area contributed by atoms with Crippen molar-refractivity contribution in [3.8, 4) is 0 Å². The van der Waals surface area contributed by atoms with Gasteiger partial charge in [-0.1, -0.05) is 49.2 Å². The van der Waals surface area contributed by atoms with Crippen LogP contribution in [0.25, 0.3) is 0 Å². The molecular formula is C26H27FN4S. The Morgan fingerprint density at radius 2 is 1.66 bits per heavy atom. The molecule has 0 radical (unpaired) electrons. The van der Waals surface area contributed by atoms with E-state index >= 15 is 0 Å². The first kappa shape index (κ1) is 20.9. The van der Waals surface area contributed by atoms with E-state index in [1.165, 1.54) is 29.5 Å². The summed E-state index contributed by atoms with van der Waals surface area (Å²) in [6.07, 6.45) is 6.37. The lowest BCUT2D eigenvalue weighted by Crippen LogP contribution is -2.40. The average molecular weight is 447 g/mol. The lowest BCUT2D eigenvalue weighted by molar-refractivity contribution is 0.434. The van der Waals surface area contributed by atoms with Gasteiger partial charge in [-0.05, 0) is 66.0 Å². The SMILES string of the molecule is Fc1ccc(C2(CNC(=S)Nc3ccc(N4Cc5ccccc5C4)nc3)CCCC2)cc1. The van der Waals surface area contributed by atoms with E-state index in [-0.39, 0.29) is 11.2 Å². The van der Waals surface area contributed by atoms with E-state index < -0.39 is 0 Å². The largest absolute Gasteiger partial charge is 0.362 e. The van der Waals surface area contributed by atoms with E-state index in [9.17, 15) is 4.39 Å². The zero-order valence-electron chi connectivity index (χ0n) is 18.0. The topological polar surface area (TPSA) is 40.2 Å². The van der Waals surface area contributed by atoms with Crippen LogP contribution in [0, 0.1) is 5.82 Å². The number of aromatic nitrogens is 1. The Morgan fingerprint density at radius 3 is 2.28 bits per heavy atom. The maximum Gasteiger partial charge on any atom is 0.170 e. The van der Waals surface area contributed by atoms with Crippen molar-refractivity contribution in [2.45, 2.75) is 44.2 Å². The minimum absolute atomic E-state index is 0.00626. The van der Waals surface area contributed by atoms with E-state index in [0.29, 0.717) is 5.11 Å². The van der Waals surface area contributed by atoms with Gasteiger partial charge in [-0.25, -0.2) is 9.37 Å². The molecule has 1 fully saturated rings. The molecule has 3 aromatic rings. The van der Waals surface area contributed by atoms with E-state index in [0.717, 1.165) is 44.0 Å². The third kappa shape index (κ3) is 4.32. The number of anilines is 2. The lowest BCUT2D eigenvalue weighted by atomic mass is 9.79. The van der Waals surface area contributed by atoms with Crippen molar-refractivity contribution in [3.63, 3.8) is 0 Å². The molecular weight excluding hydrogens is 419 g/mol. The van der Waals surface area contributed by atoms with Crippen LogP contribution < -0.4 is 15.5 Å². The molecule has 4 nitrogen and oxygen atoms in total. The fourth-order valence-corrected chi connectivity index (χ4v) is 5.18. The van der Waals surface area contributed by atoms with Gasteiger partial charge in [-0.15, -0.1) is 0 Å². The summed E-state index contributed by atoms with van der Waals surface area (Å²) < 4.78 is 13.4. The van der Waals surface area contributed by atoms with E-state index in [2.05, 4.69) is 44.8 Å². The van der Waals surface area contributed by atoms with Crippen LogP contribution in [0.3, 0.4) is 0 Å². The van der Waals surface area contributed by atoms with Gasteiger partial charge in [0.2, 0.25) is 0 Å². The number of fused-ring (bicyclic) bond motifs is 1. The fourth-order valence-electron chi connectivity index (χ4n) is 4.99. The van der Waals surface area contributed by atoms with Crippen molar-refractivity contribution < 1.29 is 4.39 Å². The normalized spacial score (nSPS) is 16.6. The molecule has 1 aromatic heterocycles. The van der Waals surface area contributed by atoms with E-state index in [1.807, 2.05) is 30.5 Å². The molecule has 6 heteroatoms. The summed E-state index contributed by atoms with van der Waals surface area (Å²) >= 11 is 5.56. The molecule has 2 N–H and O–H groups in total. The van der Waals surface area contributed by atoms with Crippen LogP contribution in [0.4, 0.5) is 15.9 Å². The standard InChI is InChI=1S/C26H27FN4S/c27-22-9-7-21(8-10-22)26(13-3-4-14-26)18-29-25(32)30-23-11-12-24(28-15-23)31-16-19-5-1-2-6-20(19)17-31/h1-2,5-12,15H,3-4,13-14,16-18H2,(H2,29,30,32). The molecule has 32 heavy (non-hydrogen) atoms. The summed E-state index contributed by atoms with van der Waals surface area (Å²) in [7, 11) is 0. The molecule has 0 saturated heterocycles. The number of hydrogen-bond acceptors (Lipinski definition) is 3. The molecule has 0 bridgehead atoms. The molecule has 1 saturated carbocycles. The average Bonchev–Trinajstić information content (AvgIpc) is 3.47. The number of pyridine rings is 1. The first-order valence-electron chi connectivity index (χ1n) is 11.2. The summed E-state index contributed by atoms with van der Waals surface area (Å²) in [6.45, 7) is 2.52. The van der Waals surface area contributed by atoms with Gasteiger partial charge in [0.15, 0.2) is 5.11 Å². The number of halogens is 1. The summed E-state index contributed by atoms with van der Waals surface area (Å²) in [6, 6.07) is 19.5. The molecule has 2 aromatic carbocycles. The minimum Gasteiger partial charge on any atom is -0.362 e. The number of hydrogen-bond donors (Lipinski definition) is 2. The molecule has 2 heterocycles. The van der Waals surface area contributed by atoms with Crippen LogP contribution in [-0.2, 0) is 18.5 Å². The number of rotatable bonds is 5. The van der Waals surface area contributed by atoms with Gasteiger partial charge in [0.1, 0.15) is 11.6 Å². The number of nitrogens with one attached hydrogen (secondary N) is 2. The second-order valence-electron chi connectivity index (χ2n) is 8.83. The van der Waals surface area contributed by atoms with E-state index in [4.69, 9.17) is 12.2 Å². The Balaban J connectivity index is 1.19. The highest BCUT2D eigenvalue weighted by molar-refractivity contribution is 7.80. The Morgan fingerprint density at radius 1 is 0.969 bits per heavy atom. The summed E-state index contributed by atoms with van der Waals surface area (Å²) in [5.41, 5.74) is 4.79. The lowest BCUT2D eigenvalue weighted by Gasteiger charge is -2.30. The maximum absolute atomic E-state index is 13.4. The van der Waals surface area contributed by atoms with Crippen LogP contribution in [0.5, 0.6) is 0 Å². The third-order valence-electron chi connectivity index (χ3n) is 6.78. The van der Waals surface area contributed by atoms with Crippen molar-refractivity contribution in [2.24, 2.45) is 0 Å². The van der Waals surface area contributed by atoms with Crippen LogP contribution in [-0.4, -0.2) is 16.6 Å². The number of benzene rings is 2. The minimum atomic E-state index is -0.194. The van der Waals surface area contributed by atoms with Crippen molar-refractivity contribution in [1.29, 1.82) is 0 Å². The highest BCUT2D eigenvalue weighted by Gasteiger charge is 2.35. The van der Waals surface area contributed by atoms with Gasteiger partial charge < -0.3 is 15.5 Å². The van der Waals surface area contributed by atoms with Gasteiger partial charge in [-0.2, -0.15) is 0 Å². The van der Waals surface area contributed by atoms with Crippen LogP contribution in [0.1, 0.15) is 42.4 Å². The Bertz CT molecular complexity index is 1070. The van der Waals surface area contributed by atoms with Crippen molar-refractivity contribution in [3.05, 3.63) is 89.4 Å². The highest BCUT2D eigenvalue weighted by Crippen LogP contribution is 2.40. The van der Waals surface area contributed by atoms with Gasteiger partial charge in [0.25, 0.3) is 0 Å². The summed E-state index contributed by atoms with van der Waals surface area (Å²) in [5.74, 6) is 0.771. The predicted molar refractivity (Wildman–Crippen MR) is 131 cm³/mol. The molecule has 0 atom stereocenters. The molecule has 2 aliphatic rings. The van der Waals surface area contributed by atoms with Gasteiger partial charge in [0, 0.05) is 25.0 Å². The van der Waals surface area contributed by atoms with Gasteiger partial charge in [0.05, 0.1) is 11.9 Å². The maximum atomic E-state index is 13.4. The first-order chi connectivity index (χ1) is 15.6. The first-order valence-corrected chi connectivity index (χ1v) is 11.6. The zero-order valence-corrected chi connectivity index (χ0v) is 18.8. The molecule has 0 unspecified atom stereocenters. The van der Waals surface area contributed by atoms with E-state index in [1.54, 1.807) is 12.1 Å². The predicted octanol–water partition coefficient (Wildman–Crippen LogP) is 5.54. The van der Waals surface area contributed by atoms with Gasteiger partial charge >= 0.3 is 0 Å². The van der Waals surface area contributed by atoms with Crippen molar-refractivity contribution in [2.75, 3.05) is 16.8 Å². The fraction of sp³-hybridized carbons (Fsp3) is 0.308. The Labute approximate surface area is 193 Å². The quantitative estimate of drug-likeness (QED) is 0.504. The smallest absolute Gasteiger partial charge is 0.170 e. The van der Waals surface area contributed by atoms with Crippen molar-refractivity contribution in [1.82, 2.24) is 10.3 Å². The molecule has 164 valence electrons. The molecule has 1 aliphatic heterocycles. The highest BCUT2D eigenvalue weighted by atomic mass is 32.1. The number of thiocarbonyl (C=S) groups is 1. The molecule has 0 spiro atoms. The summed E-state index contributed by atoms with van der Waals surface area (Å²) in [5, 5.41) is 7.24. The Hall–Kier alpha value is -2.99. The van der Waals surface area contributed by atoms with Crippen LogP contribution >= 0.6 is 12.2 Å². The van der Waals surface area contributed by atoms with Gasteiger partial charge in [-0.3, -0.25) is 0 Å². The second-order valence-corrected chi connectivity index (χ2v) is 9.24. The van der Waals surface area contributed by atoms with Crippen LogP contribution in [0.15, 0.2) is 66.9 Å². The third-order valence-corrected chi connectivity index (χ3v) is 7.02. The molecule has 0 amide bonds. The zero-order chi connectivity index (χ0) is 22.0. The van der Waals surface area contributed by atoms with Crippen molar-refractivity contribution >= 4 is 28.8 Å². The number of nitrogens with zero attached hydrogens (tertiary/aromatic N) is 2. The monoisotopic (exact) mass is 446 g/mol. The van der Waals surface area contributed by atoms with Crippen LogP contribution in [0.2, 0.25) is 0 Å². The summed E-state index contributed by atoms with van der Waals surface area (Å²) in [4.78, 5) is 6.92. The Kier molecular flexibility index (Phi) is 5.79.